The second-order valence-corrected chi connectivity index (χ2v) is 3.58. The Bertz CT molecular complexity index is 390. The summed E-state index contributed by atoms with van der Waals surface area (Å²) in [5.41, 5.74) is 7.08. The number of halogens is 1. The van der Waals surface area contributed by atoms with E-state index in [1.54, 1.807) is 19.9 Å². The predicted octanol–water partition coefficient (Wildman–Crippen LogP) is 1.57. The molecule has 0 fully saturated rings. The van der Waals surface area contributed by atoms with Crippen molar-refractivity contribution in [2.24, 2.45) is 5.73 Å². The van der Waals surface area contributed by atoms with Gasteiger partial charge >= 0.3 is 5.97 Å². The Labute approximate surface area is 87.7 Å². The van der Waals surface area contributed by atoms with Gasteiger partial charge in [0, 0.05) is 6.54 Å². The summed E-state index contributed by atoms with van der Waals surface area (Å²) in [5.74, 6) is -2.25. The number of carbonyl (C=O) groups is 1. The van der Waals surface area contributed by atoms with E-state index in [0.29, 0.717) is 11.1 Å². The molecule has 0 saturated heterocycles. The van der Waals surface area contributed by atoms with Gasteiger partial charge in [-0.25, -0.2) is 4.39 Å². The van der Waals surface area contributed by atoms with Crippen LogP contribution in [-0.4, -0.2) is 17.6 Å². The van der Waals surface area contributed by atoms with Crippen molar-refractivity contribution in [1.29, 1.82) is 0 Å². The van der Waals surface area contributed by atoms with Crippen molar-refractivity contribution in [2.75, 3.05) is 6.54 Å². The lowest BCUT2D eigenvalue weighted by Crippen LogP contribution is -2.22. The smallest absolute Gasteiger partial charge is 0.312 e. The first-order valence-corrected chi connectivity index (χ1v) is 4.67. The molecule has 1 aromatic carbocycles. The molecule has 15 heavy (non-hydrogen) atoms. The van der Waals surface area contributed by atoms with E-state index < -0.39 is 17.7 Å². The van der Waals surface area contributed by atoms with Crippen LogP contribution in [0.25, 0.3) is 0 Å². The molecule has 0 aliphatic carbocycles. The second kappa shape index (κ2) is 4.40. The van der Waals surface area contributed by atoms with Crippen LogP contribution in [0.1, 0.15) is 22.6 Å². The molecule has 1 atom stereocenters. The Hall–Kier alpha value is -1.42. The van der Waals surface area contributed by atoms with E-state index in [4.69, 9.17) is 10.8 Å². The first-order chi connectivity index (χ1) is 6.97. The number of carboxylic acid groups (broad SMARTS) is 1. The van der Waals surface area contributed by atoms with Gasteiger partial charge in [-0.3, -0.25) is 4.79 Å². The number of benzene rings is 1. The van der Waals surface area contributed by atoms with Crippen molar-refractivity contribution in [1.82, 2.24) is 0 Å². The lowest BCUT2D eigenvalue weighted by atomic mass is 9.93. The third kappa shape index (κ3) is 2.33. The van der Waals surface area contributed by atoms with Crippen LogP contribution in [0.4, 0.5) is 4.39 Å². The van der Waals surface area contributed by atoms with Crippen molar-refractivity contribution in [2.45, 2.75) is 19.8 Å². The minimum Gasteiger partial charge on any atom is -0.481 e. The summed E-state index contributed by atoms with van der Waals surface area (Å²) in [5, 5.41) is 8.91. The molecule has 82 valence electrons. The number of aryl methyl sites for hydroxylation is 2. The van der Waals surface area contributed by atoms with Gasteiger partial charge < -0.3 is 10.8 Å². The first-order valence-electron chi connectivity index (χ1n) is 4.67. The summed E-state index contributed by atoms with van der Waals surface area (Å²) in [6.07, 6.45) is 0. The third-order valence-corrected chi connectivity index (χ3v) is 2.46. The molecule has 0 aliphatic heterocycles. The Kier molecular flexibility index (Phi) is 3.42. The molecule has 3 nitrogen and oxygen atoms in total. The average molecular weight is 211 g/mol. The highest BCUT2D eigenvalue weighted by molar-refractivity contribution is 5.77. The highest BCUT2D eigenvalue weighted by Gasteiger charge is 2.20. The second-order valence-electron chi connectivity index (χ2n) is 3.58. The van der Waals surface area contributed by atoms with E-state index in [0.717, 1.165) is 5.56 Å². The molecule has 4 heteroatoms. The number of hydrogen-bond donors (Lipinski definition) is 2. The van der Waals surface area contributed by atoms with Crippen LogP contribution < -0.4 is 5.73 Å². The van der Waals surface area contributed by atoms with E-state index >= 15 is 0 Å². The maximum Gasteiger partial charge on any atom is 0.312 e. The zero-order chi connectivity index (χ0) is 11.6. The van der Waals surface area contributed by atoms with Gasteiger partial charge in [-0.1, -0.05) is 6.07 Å². The van der Waals surface area contributed by atoms with Gasteiger partial charge in [-0.05, 0) is 36.6 Å². The standard InChI is InChI=1S/C11H14FNO2/c1-6-3-7(2)10(12)4-8(6)9(5-13)11(14)15/h3-4,9H,5,13H2,1-2H3,(H,14,15). The fourth-order valence-electron chi connectivity index (χ4n) is 1.58. The Morgan fingerprint density at radius 3 is 2.53 bits per heavy atom. The number of aliphatic carboxylic acids is 1. The summed E-state index contributed by atoms with van der Waals surface area (Å²) in [6.45, 7) is 3.37. The average Bonchev–Trinajstić information content (AvgIpc) is 2.14. The molecule has 0 bridgehead atoms. The van der Waals surface area contributed by atoms with E-state index in [1.807, 2.05) is 0 Å². The van der Waals surface area contributed by atoms with Crippen LogP contribution in [0.3, 0.4) is 0 Å². The molecule has 0 heterocycles. The van der Waals surface area contributed by atoms with Crippen molar-refractivity contribution < 1.29 is 14.3 Å². The molecular formula is C11H14FNO2. The lowest BCUT2D eigenvalue weighted by Gasteiger charge is -2.14. The van der Waals surface area contributed by atoms with Crippen molar-refractivity contribution in [3.05, 3.63) is 34.6 Å². The molecule has 0 radical (unpaired) electrons. The summed E-state index contributed by atoms with van der Waals surface area (Å²) in [7, 11) is 0. The normalized spacial score (nSPS) is 12.5. The highest BCUT2D eigenvalue weighted by atomic mass is 19.1. The number of hydrogen-bond acceptors (Lipinski definition) is 2. The van der Waals surface area contributed by atoms with Crippen LogP contribution in [0.5, 0.6) is 0 Å². The number of carboxylic acids is 1. The van der Waals surface area contributed by atoms with Gasteiger partial charge in [0.1, 0.15) is 5.82 Å². The van der Waals surface area contributed by atoms with Crippen molar-refractivity contribution in [3.63, 3.8) is 0 Å². The SMILES string of the molecule is Cc1cc(C)c(C(CN)C(=O)O)cc1F. The first kappa shape index (κ1) is 11.7. The fraction of sp³-hybridized carbons (Fsp3) is 0.364. The molecule has 1 rings (SSSR count). The third-order valence-electron chi connectivity index (χ3n) is 2.46. The fourth-order valence-corrected chi connectivity index (χ4v) is 1.58. The van der Waals surface area contributed by atoms with Crippen LogP contribution in [0.2, 0.25) is 0 Å². The van der Waals surface area contributed by atoms with Gasteiger partial charge in [0.2, 0.25) is 0 Å². The van der Waals surface area contributed by atoms with E-state index in [9.17, 15) is 9.18 Å². The Balaban J connectivity index is 3.24. The van der Waals surface area contributed by atoms with Gasteiger partial charge in [0.25, 0.3) is 0 Å². The molecule has 0 spiro atoms. The van der Waals surface area contributed by atoms with E-state index in [-0.39, 0.29) is 6.54 Å². The van der Waals surface area contributed by atoms with Gasteiger partial charge in [-0.15, -0.1) is 0 Å². The largest absolute Gasteiger partial charge is 0.481 e. The number of nitrogens with two attached hydrogens (primary N) is 1. The van der Waals surface area contributed by atoms with Crippen LogP contribution in [-0.2, 0) is 4.79 Å². The van der Waals surface area contributed by atoms with Crippen LogP contribution in [0, 0.1) is 19.7 Å². The molecule has 0 amide bonds. The summed E-state index contributed by atoms with van der Waals surface area (Å²) in [4.78, 5) is 10.9. The molecule has 1 aromatic rings. The topological polar surface area (TPSA) is 63.3 Å². The molecule has 0 aromatic heterocycles. The number of rotatable bonds is 3. The molecule has 0 aliphatic rings. The van der Waals surface area contributed by atoms with Crippen LogP contribution >= 0.6 is 0 Å². The monoisotopic (exact) mass is 211 g/mol. The molecular weight excluding hydrogens is 197 g/mol. The Morgan fingerprint density at radius 2 is 2.07 bits per heavy atom. The zero-order valence-corrected chi connectivity index (χ0v) is 8.75. The van der Waals surface area contributed by atoms with E-state index in [2.05, 4.69) is 0 Å². The summed E-state index contributed by atoms with van der Waals surface area (Å²) < 4.78 is 13.3. The predicted molar refractivity (Wildman–Crippen MR) is 55.3 cm³/mol. The minimum absolute atomic E-state index is 0.0291. The lowest BCUT2D eigenvalue weighted by molar-refractivity contribution is -0.138. The highest BCUT2D eigenvalue weighted by Crippen LogP contribution is 2.22. The van der Waals surface area contributed by atoms with E-state index in [1.165, 1.54) is 6.07 Å². The maximum atomic E-state index is 13.3. The maximum absolute atomic E-state index is 13.3. The quantitative estimate of drug-likeness (QED) is 0.797. The van der Waals surface area contributed by atoms with Gasteiger partial charge in [-0.2, -0.15) is 0 Å². The molecule has 1 unspecified atom stereocenters. The molecule has 0 saturated carbocycles. The van der Waals surface area contributed by atoms with Crippen molar-refractivity contribution in [3.8, 4) is 0 Å². The van der Waals surface area contributed by atoms with Gasteiger partial charge in [0.15, 0.2) is 0 Å². The summed E-state index contributed by atoms with van der Waals surface area (Å²) >= 11 is 0. The van der Waals surface area contributed by atoms with Crippen molar-refractivity contribution >= 4 is 5.97 Å². The van der Waals surface area contributed by atoms with Crippen LogP contribution in [0.15, 0.2) is 12.1 Å². The van der Waals surface area contributed by atoms with Gasteiger partial charge in [0.05, 0.1) is 5.92 Å². The minimum atomic E-state index is -1.02. The zero-order valence-electron chi connectivity index (χ0n) is 8.75. The molecule has 3 N–H and O–H groups in total. The Morgan fingerprint density at radius 1 is 1.47 bits per heavy atom. The summed E-state index contributed by atoms with van der Waals surface area (Å²) in [6, 6.07) is 2.90.